The van der Waals surface area contributed by atoms with Crippen LogP contribution in [0.3, 0.4) is 0 Å². The van der Waals surface area contributed by atoms with Crippen molar-refractivity contribution in [2.45, 2.75) is 39.5 Å². The van der Waals surface area contributed by atoms with E-state index in [1.165, 1.54) is 7.11 Å². The fourth-order valence-electron chi connectivity index (χ4n) is 1.44. The molecule has 0 bridgehead atoms. The fourth-order valence-corrected chi connectivity index (χ4v) is 1.44. The molecule has 0 saturated carbocycles. The quantitative estimate of drug-likeness (QED) is 0.527. The Kier molecular flexibility index (Phi) is 5.20. The molecule has 0 spiro atoms. The number of carboxylic acid groups (broad SMARTS) is 1. The third-order valence-corrected chi connectivity index (χ3v) is 2.55. The summed E-state index contributed by atoms with van der Waals surface area (Å²) >= 11 is 0. The van der Waals surface area contributed by atoms with E-state index in [9.17, 15) is 9.59 Å². The molecule has 0 heterocycles. The van der Waals surface area contributed by atoms with Crippen LogP contribution in [0.4, 0.5) is 0 Å². The summed E-state index contributed by atoms with van der Waals surface area (Å²) in [7, 11) is 1.22. The van der Waals surface area contributed by atoms with Gasteiger partial charge in [0.1, 0.15) is 0 Å². The third-order valence-electron chi connectivity index (χ3n) is 2.55. The minimum atomic E-state index is -1.34. The van der Waals surface area contributed by atoms with Gasteiger partial charge in [-0.15, -0.1) is 0 Å². The van der Waals surface area contributed by atoms with Crippen LogP contribution in [0, 0.1) is 5.41 Å². The molecule has 0 aromatic heterocycles. The largest absolute Gasteiger partial charge is 0.480 e. The van der Waals surface area contributed by atoms with Crippen LogP contribution in [0.2, 0.25) is 0 Å². The standard InChI is InChI=1S/C10H18O4/c1-4-6-7-10(5-2,8(11)12)9(13)14-3/h4-7H2,1-3H3,(H,11,12)/t10-/m1/s1. The molecule has 0 saturated heterocycles. The van der Waals surface area contributed by atoms with Gasteiger partial charge in [0.15, 0.2) is 5.41 Å². The van der Waals surface area contributed by atoms with Gasteiger partial charge in [0.25, 0.3) is 0 Å². The van der Waals surface area contributed by atoms with Crippen molar-refractivity contribution in [3.8, 4) is 0 Å². The molecule has 0 radical (unpaired) electrons. The molecule has 0 rings (SSSR count). The topological polar surface area (TPSA) is 63.6 Å². The lowest BCUT2D eigenvalue weighted by molar-refractivity contribution is -0.168. The van der Waals surface area contributed by atoms with Gasteiger partial charge < -0.3 is 9.84 Å². The van der Waals surface area contributed by atoms with Crippen LogP contribution in [-0.2, 0) is 14.3 Å². The van der Waals surface area contributed by atoms with Gasteiger partial charge in [0, 0.05) is 0 Å². The predicted molar refractivity (Wildman–Crippen MR) is 51.9 cm³/mol. The van der Waals surface area contributed by atoms with E-state index in [1.807, 2.05) is 6.92 Å². The molecule has 0 fully saturated rings. The Morgan fingerprint density at radius 3 is 2.21 bits per heavy atom. The normalized spacial score (nSPS) is 14.5. The Labute approximate surface area is 84.3 Å². The van der Waals surface area contributed by atoms with Gasteiger partial charge in [-0.05, 0) is 12.8 Å². The number of esters is 1. The number of unbranched alkanes of at least 4 members (excludes halogenated alkanes) is 1. The average Bonchev–Trinajstić information content (AvgIpc) is 2.18. The lowest BCUT2D eigenvalue weighted by Gasteiger charge is -2.24. The first kappa shape index (κ1) is 12.9. The Bertz CT molecular complexity index is 212. The molecule has 0 amide bonds. The number of carbonyl (C=O) groups excluding carboxylic acids is 1. The molecule has 0 aliphatic heterocycles. The number of ether oxygens (including phenoxy) is 1. The highest BCUT2D eigenvalue weighted by molar-refractivity contribution is 5.99. The van der Waals surface area contributed by atoms with E-state index < -0.39 is 17.4 Å². The van der Waals surface area contributed by atoms with Crippen LogP contribution in [0.1, 0.15) is 39.5 Å². The second kappa shape index (κ2) is 5.62. The molecule has 0 aromatic carbocycles. The number of methoxy groups -OCH3 is 1. The number of hydrogen-bond donors (Lipinski definition) is 1. The summed E-state index contributed by atoms with van der Waals surface area (Å²) in [5.74, 6) is -1.72. The summed E-state index contributed by atoms with van der Waals surface area (Å²) < 4.78 is 4.55. The van der Waals surface area contributed by atoms with Crippen molar-refractivity contribution in [1.29, 1.82) is 0 Å². The van der Waals surface area contributed by atoms with Crippen molar-refractivity contribution in [3.63, 3.8) is 0 Å². The molecule has 82 valence electrons. The first-order chi connectivity index (χ1) is 6.55. The molecular formula is C10H18O4. The van der Waals surface area contributed by atoms with Crippen LogP contribution in [0.5, 0.6) is 0 Å². The predicted octanol–water partition coefficient (Wildman–Crippen LogP) is 1.83. The van der Waals surface area contributed by atoms with Crippen LogP contribution in [-0.4, -0.2) is 24.2 Å². The van der Waals surface area contributed by atoms with Gasteiger partial charge in [-0.25, -0.2) is 0 Å². The molecule has 0 aliphatic carbocycles. The Hall–Kier alpha value is -1.06. The average molecular weight is 202 g/mol. The number of aliphatic carboxylic acids is 1. The van der Waals surface area contributed by atoms with Crippen molar-refractivity contribution in [3.05, 3.63) is 0 Å². The zero-order valence-corrected chi connectivity index (χ0v) is 9.00. The van der Waals surface area contributed by atoms with Crippen LogP contribution in [0.15, 0.2) is 0 Å². The summed E-state index contributed by atoms with van der Waals surface area (Å²) in [5, 5.41) is 9.05. The smallest absolute Gasteiger partial charge is 0.323 e. The highest BCUT2D eigenvalue weighted by Crippen LogP contribution is 2.30. The van der Waals surface area contributed by atoms with Crippen molar-refractivity contribution in [1.82, 2.24) is 0 Å². The van der Waals surface area contributed by atoms with Gasteiger partial charge in [-0.2, -0.15) is 0 Å². The van der Waals surface area contributed by atoms with E-state index in [1.54, 1.807) is 6.92 Å². The molecule has 4 heteroatoms. The first-order valence-electron chi connectivity index (χ1n) is 4.87. The number of hydrogen-bond acceptors (Lipinski definition) is 3. The second-order valence-electron chi connectivity index (χ2n) is 3.34. The van der Waals surface area contributed by atoms with Crippen LogP contribution in [0.25, 0.3) is 0 Å². The Morgan fingerprint density at radius 1 is 1.36 bits per heavy atom. The van der Waals surface area contributed by atoms with E-state index in [0.717, 1.165) is 12.8 Å². The van der Waals surface area contributed by atoms with Crippen LogP contribution < -0.4 is 0 Å². The van der Waals surface area contributed by atoms with Gasteiger partial charge in [-0.3, -0.25) is 9.59 Å². The van der Waals surface area contributed by atoms with E-state index in [0.29, 0.717) is 6.42 Å². The summed E-state index contributed by atoms with van der Waals surface area (Å²) in [6, 6.07) is 0. The number of rotatable bonds is 6. The molecular weight excluding hydrogens is 184 g/mol. The maximum atomic E-state index is 11.4. The van der Waals surface area contributed by atoms with Crippen molar-refractivity contribution in [2.75, 3.05) is 7.11 Å². The van der Waals surface area contributed by atoms with Gasteiger partial charge in [-0.1, -0.05) is 26.7 Å². The Balaban J connectivity index is 4.78. The lowest BCUT2D eigenvalue weighted by Crippen LogP contribution is -2.39. The first-order valence-corrected chi connectivity index (χ1v) is 4.87. The molecule has 1 atom stereocenters. The highest BCUT2D eigenvalue weighted by Gasteiger charge is 2.44. The zero-order valence-electron chi connectivity index (χ0n) is 9.00. The summed E-state index contributed by atoms with van der Waals surface area (Å²) in [6.07, 6.45) is 2.21. The van der Waals surface area contributed by atoms with E-state index in [2.05, 4.69) is 4.74 Å². The summed E-state index contributed by atoms with van der Waals surface area (Å²) in [5.41, 5.74) is -1.34. The number of carboxylic acids is 1. The molecule has 4 nitrogen and oxygen atoms in total. The highest BCUT2D eigenvalue weighted by atomic mass is 16.5. The van der Waals surface area contributed by atoms with E-state index >= 15 is 0 Å². The van der Waals surface area contributed by atoms with E-state index in [-0.39, 0.29) is 6.42 Å². The minimum absolute atomic E-state index is 0.273. The molecule has 14 heavy (non-hydrogen) atoms. The summed E-state index contributed by atoms with van der Waals surface area (Å²) in [6.45, 7) is 3.65. The Morgan fingerprint density at radius 2 is 1.93 bits per heavy atom. The minimum Gasteiger partial charge on any atom is -0.480 e. The molecule has 1 N–H and O–H groups in total. The lowest BCUT2D eigenvalue weighted by atomic mass is 9.80. The number of carbonyl (C=O) groups is 2. The second-order valence-corrected chi connectivity index (χ2v) is 3.34. The monoisotopic (exact) mass is 202 g/mol. The maximum absolute atomic E-state index is 11.4. The van der Waals surface area contributed by atoms with Crippen LogP contribution >= 0.6 is 0 Å². The van der Waals surface area contributed by atoms with Gasteiger partial charge >= 0.3 is 11.9 Å². The van der Waals surface area contributed by atoms with Crippen molar-refractivity contribution >= 4 is 11.9 Å². The summed E-state index contributed by atoms with van der Waals surface area (Å²) in [4.78, 5) is 22.5. The molecule has 0 aliphatic rings. The SMILES string of the molecule is CCCC[C@](CC)(C(=O)O)C(=O)OC. The van der Waals surface area contributed by atoms with Crippen molar-refractivity contribution in [2.24, 2.45) is 5.41 Å². The van der Waals surface area contributed by atoms with Gasteiger partial charge in [0.2, 0.25) is 0 Å². The maximum Gasteiger partial charge on any atom is 0.323 e. The van der Waals surface area contributed by atoms with E-state index in [4.69, 9.17) is 5.11 Å². The molecule has 0 unspecified atom stereocenters. The van der Waals surface area contributed by atoms with Gasteiger partial charge in [0.05, 0.1) is 7.11 Å². The third kappa shape index (κ3) is 2.47. The van der Waals surface area contributed by atoms with Crippen molar-refractivity contribution < 1.29 is 19.4 Å². The zero-order chi connectivity index (χ0) is 11.2. The molecule has 0 aromatic rings. The fraction of sp³-hybridized carbons (Fsp3) is 0.800.